The van der Waals surface area contributed by atoms with Gasteiger partial charge in [0.15, 0.2) is 11.8 Å². The number of rotatable bonds is 3. The number of aliphatic imine (C=N–C) groups is 1. The molecular formula is C14H18N2O2S. The van der Waals surface area contributed by atoms with Crippen LogP contribution in [0.25, 0.3) is 0 Å². The molecule has 0 radical (unpaired) electrons. The van der Waals surface area contributed by atoms with Gasteiger partial charge in [-0.3, -0.25) is 9.79 Å². The van der Waals surface area contributed by atoms with Crippen molar-refractivity contribution in [3.05, 3.63) is 28.8 Å². The van der Waals surface area contributed by atoms with Crippen LogP contribution in [0.5, 0.6) is 5.75 Å². The van der Waals surface area contributed by atoms with Gasteiger partial charge in [0.25, 0.3) is 5.91 Å². The molecule has 0 spiro atoms. The molecule has 0 atom stereocenters. The van der Waals surface area contributed by atoms with Crippen LogP contribution in [0.2, 0.25) is 0 Å². The fraction of sp³-hybridized carbons (Fsp3) is 0.429. The number of nitrogens with zero attached hydrogens (tertiary/aromatic N) is 1. The van der Waals surface area contributed by atoms with E-state index in [4.69, 9.17) is 4.74 Å². The number of aryl methyl sites for hydroxylation is 2. The molecule has 1 aliphatic heterocycles. The molecular weight excluding hydrogens is 260 g/mol. The molecule has 1 heterocycles. The Labute approximate surface area is 117 Å². The van der Waals surface area contributed by atoms with Crippen molar-refractivity contribution in [2.75, 3.05) is 18.9 Å². The lowest BCUT2D eigenvalue weighted by atomic mass is 10.1. The average molecular weight is 278 g/mol. The van der Waals surface area contributed by atoms with Crippen molar-refractivity contribution in [3.8, 4) is 5.75 Å². The highest BCUT2D eigenvalue weighted by Crippen LogP contribution is 2.25. The van der Waals surface area contributed by atoms with Gasteiger partial charge in [-0.1, -0.05) is 23.9 Å². The zero-order valence-electron chi connectivity index (χ0n) is 11.4. The van der Waals surface area contributed by atoms with Crippen LogP contribution in [-0.4, -0.2) is 30.0 Å². The van der Waals surface area contributed by atoms with Gasteiger partial charge in [-0.15, -0.1) is 0 Å². The standard InChI is InChI=1S/C14H18N2O2S/c1-9-4-5-10(2)13(11(9)3)18-8-12(17)16-14-15-6-7-19-14/h4-5H,6-8H2,1-3H3,(H,15,16,17). The van der Waals surface area contributed by atoms with E-state index in [-0.39, 0.29) is 12.5 Å². The largest absolute Gasteiger partial charge is 0.483 e. The van der Waals surface area contributed by atoms with Gasteiger partial charge < -0.3 is 10.1 Å². The van der Waals surface area contributed by atoms with Gasteiger partial charge in [0.05, 0.1) is 6.54 Å². The Morgan fingerprint density at radius 3 is 2.79 bits per heavy atom. The third-order valence-corrected chi connectivity index (χ3v) is 3.94. The lowest BCUT2D eigenvalue weighted by molar-refractivity contribution is -0.121. The van der Waals surface area contributed by atoms with Gasteiger partial charge in [0, 0.05) is 5.75 Å². The lowest BCUT2D eigenvalue weighted by Gasteiger charge is -2.13. The molecule has 1 amide bonds. The second kappa shape index (κ2) is 6.10. The van der Waals surface area contributed by atoms with Crippen molar-refractivity contribution >= 4 is 22.8 Å². The minimum atomic E-state index is -0.159. The fourth-order valence-corrected chi connectivity index (χ4v) is 2.60. The smallest absolute Gasteiger partial charge is 0.263 e. The average Bonchev–Trinajstić information content (AvgIpc) is 2.87. The number of nitrogens with one attached hydrogen (secondary N) is 1. The molecule has 1 aromatic carbocycles. The highest BCUT2D eigenvalue weighted by Gasteiger charge is 2.13. The zero-order valence-corrected chi connectivity index (χ0v) is 12.3. The maximum atomic E-state index is 11.7. The molecule has 5 heteroatoms. The zero-order chi connectivity index (χ0) is 13.8. The van der Waals surface area contributed by atoms with Crippen molar-refractivity contribution in [1.29, 1.82) is 0 Å². The monoisotopic (exact) mass is 278 g/mol. The molecule has 102 valence electrons. The van der Waals surface area contributed by atoms with Crippen LogP contribution >= 0.6 is 11.8 Å². The van der Waals surface area contributed by atoms with E-state index in [2.05, 4.69) is 16.4 Å². The van der Waals surface area contributed by atoms with Gasteiger partial charge in [0.1, 0.15) is 5.75 Å². The Bertz CT molecular complexity index is 526. The normalized spacial score (nSPS) is 14.2. The summed E-state index contributed by atoms with van der Waals surface area (Å²) in [6.07, 6.45) is 0. The number of hydrogen-bond acceptors (Lipinski definition) is 4. The second-order valence-electron chi connectivity index (χ2n) is 4.53. The van der Waals surface area contributed by atoms with Crippen molar-refractivity contribution < 1.29 is 9.53 Å². The summed E-state index contributed by atoms with van der Waals surface area (Å²) in [6, 6.07) is 4.06. The van der Waals surface area contributed by atoms with E-state index < -0.39 is 0 Å². The molecule has 19 heavy (non-hydrogen) atoms. The fourth-order valence-electron chi connectivity index (χ4n) is 1.85. The SMILES string of the molecule is Cc1ccc(C)c(OCC(=O)NC2=NCCS2)c1C. The van der Waals surface area contributed by atoms with Crippen LogP contribution in [0.1, 0.15) is 16.7 Å². The summed E-state index contributed by atoms with van der Waals surface area (Å²) in [7, 11) is 0. The van der Waals surface area contributed by atoms with Crippen molar-refractivity contribution in [3.63, 3.8) is 0 Å². The summed E-state index contributed by atoms with van der Waals surface area (Å²) in [5.41, 5.74) is 3.29. The molecule has 0 bridgehead atoms. The van der Waals surface area contributed by atoms with E-state index in [1.807, 2.05) is 26.8 Å². The van der Waals surface area contributed by atoms with E-state index in [0.29, 0.717) is 5.17 Å². The molecule has 0 aromatic heterocycles. The first-order valence-corrected chi connectivity index (χ1v) is 7.23. The Morgan fingerprint density at radius 1 is 1.37 bits per heavy atom. The molecule has 1 N–H and O–H groups in total. The number of benzene rings is 1. The van der Waals surface area contributed by atoms with E-state index in [9.17, 15) is 4.79 Å². The molecule has 0 saturated carbocycles. The van der Waals surface area contributed by atoms with Gasteiger partial charge in [-0.05, 0) is 37.5 Å². The van der Waals surface area contributed by atoms with E-state index in [1.165, 1.54) is 0 Å². The number of carbonyl (C=O) groups excluding carboxylic acids is 1. The van der Waals surface area contributed by atoms with Crippen LogP contribution < -0.4 is 10.1 Å². The van der Waals surface area contributed by atoms with Gasteiger partial charge >= 0.3 is 0 Å². The Hall–Kier alpha value is -1.49. The summed E-state index contributed by atoms with van der Waals surface area (Å²) < 4.78 is 5.64. The number of amidine groups is 1. The summed E-state index contributed by atoms with van der Waals surface area (Å²) in [5.74, 6) is 1.58. The van der Waals surface area contributed by atoms with Gasteiger partial charge in [-0.2, -0.15) is 0 Å². The van der Waals surface area contributed by atoms with Crippen molar-refractivity contribution in [2.45, 2.75) is 20.8 Å². The van der Waals surface area contributed by atoms with Crippen LogP contribution in [0, 0.1) is 20.8 Å². The second-order valence-corrected chi connectivity index (χ2v) is 5.61. The maximum Gasteiger partial charge on any atom is 0.263 e. The molecule has 1 aromatic rings. The predicted octanol–water partition coefficient (Wildman–Crippen LogP) is 2.21. The summed E-state index contributed by atoms with van der Waals surface area (Å²) >= 11 is 1.56. The molecule has 4 nitrogen and oxygen atoms in total. The highest BCUT2D eigenvalue weighted by molar-refractivity contribution is 8.14. The quantitative estimate of drug-likeness (QED) is 0.922. The number of hydrogen-bond donors (Lipinski definition) is 1. The third kappa shape index (κ3) is 3.50. The van der Waals surface area contributed by atoms with Crippen LogP contribution in [0.3, 0.4) is 0 Å². The summed E-state index contributed by atoms with van der Waals surface area (Å²) in [5, 5.41) is 3.45. The predicted molar refractivity (Wildman–Crippen MR) is 79.1 cm³/mol. The number of ether oxygens (including phenoxy) is 1. The first-order valence-electron chi connectivity index (χ1n) is 6.24. The highest BCUT2D eigenvalue weighted by atomic mass is 32.2. The number of amides is 1. The first kappa shape index (κ1) is 13.9. The van der Waals surface area contributed by atoms with Crippen LogP contribution in [-0.2, 0) is 4.79 Å². The van der Waals surface area contributed by atoms with Crippen LogP contribution in [0.4, 0.5) is 0 Å². The minimum absolute atomic E-state index is 0.0186. The molecule has 0 fully saturated rings. The Morgan fingerprint density at radius 2 is 2.11 bits per heavy atom. The number of thioether (sulfide) groups is 1. The Kier molecular flexibility index (Phi) is 4.47. The topological polar surface area (TPSA) is 50.7 Å². The minimum Gasteiger partial charge on any atom is -0.483 e. The molecule has 0 aliphatic carbocycles. The third-order valence-electron chi connectivity index (χ3n) is 3.05. The van der Waals surface area contributed by atoms with E-state index >= 15 is 0 Å². The van der Waals surface area contributed by atoms with E-state index in [0.717, 1.165) is 34.7 Å². The lowest BCUT2D eigenvalue weighted by Crippen LogP contribution is -2.32. The number of carbonyl (C=O) groups is 1. The van der Waals surface area contributed by atoms with Crippen molar-refractivity contribution in [1.82, 2.24) is 5.32 Å². The van der Waals surface area contributed by atoms with Gasteiger partial charge in [-0.25, -0.2) is 0 Å². The van der Waals surface area contributed by atoms with E-state index in [1.54, 1.807) is 11.8 Å². The summed E-state index contributed by atoms with van der Waals surface area (Å²) in [4.78, 5) is 15.9. The van der Waals surface area contributed by atoms with Gasteiger partial charge in [0.2, 0.25) is 0 Å². The molecule has 0 saturated heterocycles. The first-order chi connectivity index (χ1) is 9.08. The molecule has 0 unspecified atom stereocenters. The molecule has 2 rings (SSSR count). The summed E-state index contributed by atoms with van der Waals surface area (Å²) in [6.45, 7) is 6.82. The maximum absolute atomic E-state index is 11.7. The molecule has 1 aliphatic rings. The van der Waals surface area contributed by atoms with Crippen molar-refractivity contribution in [2.24, 2.45) is 4.99 Å². The van der Waals surface area contributed by atoms with Crippen LogP contribution in [0.15, 0.2) is 17.1 Å². The Balaban J connectivity index is 1.95.